The average molecular weight is 372 g/mol. The molecule has 0 bridgehead atoms. The first kappa shape index (κ1) is 19.2. The summed E-state index contributed by atoms with van der Waals surface area (Å²) in [4.78, 5) is 14.8. The zero-order valence-electron chi connectivity index (χ0n) is 16.5. The van der Waals surface area contributed by atoms with E-state index >= 15 is 0 Å². The number of ether oxygens (including phenoxy) is 2. The van der Waals surface area contributed by atoms with Crippen molar-refractivity contribution in [1.29, 1.82) is 0 Å². The Morgan fingerprint density at radius 3 is 2.89 bits per heavy atom. The number of hydrogen-bond acceptors (Lipinski definition) is 5. The van der Waals surface area contributed by atoms with Gasteiger partial charge in [0.2, 0.25) is 5.91 Å². The molecule has 1 aliphatic rings. The molecule has 2 aromatic rings. The van der Waals surface area contributed by atoms with Crippen LogP contribution in [0.1, 0.15) is 30.3 Å². The third-order valence-electron chi connectivity index (χ3n) is 4.85. The first-order valence-electron chi connectivity index (χ1n) is 9.38. The van der Waals surface area contributed by atoms with Gasteiger partial charge in [-0.1, -0.05) is 12.1 Å². The molecule has 1 aromatic carbocycles. The maximum atomic E-state index is 12.7. The molecule has 27 heavy (non-hydrogen) atoms. The van der Waals surface area contributed by atoms with Crippen LogP contribution in [0.5, 0.6) is 11.5 Å². The van der Waals surface area contributed by atoms with Crippen molar-refractivity contribution in [3.05, 3.63) is 35.2 Å². The molecule has 0 radical (unpaired) electrons. The van der Waals surface area contributed by atoms with Crippen molar-refractivity contribution in [3.63, 3.8) is 0 Å². The highest BCUT2D eigenvalue weighted by molar-refractivity contribution is 5.93. The Balaban J connectivity index is 1.71. The fourth-order valence-corrected chi connectivity index (χ4v) is 3.50. The number of rotatable bonds is 5. The van der Waals surface area contributed by atoms with E-state index in [4.69, 9.17) is 9.47 Å². The topological polar surface area (TPSA) is 68.6 Å². The summed E-state index contributed by atoms with van der Waals surface area (Å²) in [6.45, 7) is 9.11. The van der Waals surface area contributed by atoms with Crippen LogP contribution in [0.4, 0.5) is 5.69 Å². The minimum Gasteiger partial charge on any atom is -0.493 e. The van der Waals surface area contributed by atoms with E-state index in [0.29, 0.717) is 19.7 Å². The molecule has 7 nitrogen and oxygen atoms in total. The summed E-state index contributed by atoms with van der Waals surface area (Å²) in [5.41, 5.74) is 3.69. The Bertz CT molecular complexity index is 816. The first-order chi connectivity index (χ1) is 13.0. The van der Waals surface area contributed by atoms with E-state index in [1.165, 1.54) is 0 Å². The lowest BCUT2D eigenvalue weighted by molar-refractivity contribution is -0.117. The second-order valence-electron chi connectivity index (χ2n) is 6.77. The van der Waals surface area contributed by atoms with Crippen molar-refractivity contribution >= 4 is 11.6 Å². The van der Waals surface area contributed by atoms with Gasteiger partial charge in [-0.3, -0.25) is 14.4 Å². The molecule has 0 aliphatic carbocycles. The Morgan fingerprint density at radius 1 is 1.37 bits per heavy atom. The number of methoxy groups -OCH3 is 1. The number of aromatic nitrogens is 2. The van der Waals surface area contributed by atoms with Crippen LogP contribution in [0.2, 0.25) is 0 Å². The van der Waals surface area contributed by atoms with Gasteiger partial charge in [0.15, 0.2) is 11.5 Å². The zero-order valence-corrected chi connectivity index (χ0v) is 16.5. The Morgan fingerprint density at radius 2 is 2.19 bits per heavy atom. The predicted molar refractivity (Wildman–Crippen MR) is 104 cm³/mol. The van der Waals surface area contributed by atoms with Crippen LogP contribution in [-0.4, -0.2) is 47.4 Å². The number of carbonyl (C=O) groups excluding carboxylic acids is 1. The Hall–Kier alpha value is -2.54. The molecule has 146 valence electrons. The monoisotopic (exact) mass is 372 g/mol. The van der Waals surface area contributed by atoms with Gasteiger partial charge in [0.05, 0.1) is 37.3 Å². The summed E-state index contributed by atoms with van der Waals surface area (Å²) in [7, 11) is 1.64. The third-order valence-corrected chi connectivity index (χ3v) is 4.85. The normalized spacial score (nSPS) is 14.7. The SMILES string of the molecule is CCn1nc(C)c(NC(=O)CN2CCCOc3c(cccc3OC)C2)c1C. The Kier molecular flexibility index (Phi) is 6.01. The van der Waals surface area contributed by atoms with E-state index in [-0.39, 0.29) is 5.91 Å². The lowest BCUT2D eigenvalue weighted by atomic mass is 10.1. The molecular formula is C20H28N4O3. The highest BCUT2D eigenvalue weighted by Gasteiger charge is 2.20. The van der Waals surface area contributed by atoms with Gasteiger partial charge in [-0.2, -0.15) is 5.10 Å². The van der Waals surface area contributed by atoms with Gasteiger partial charge in [-0.25, -0.2) is 0 Å². The van der Waals surface area contributed by atoms with Crippen LogP contribution in [0.25, 0.3) is 0 Å². The molecular weight excluding hydrogens is 344 g/mol. The quantitative estimate of drug-likeness (QED) is 0.874. The van der Waals surface area contributed by atoms with E-state index in [2.05, 4.69) is 15.3 Å². The maximum absolute atomic E-state index is 12.7. The van der Waals surface area contributed by atoms with Crippen LogP contribution in [0, 0.1) is 13.8 Å². The number of hydrogen-bond donors (Lipinski definition) is 1. The van der Waals surface area contributed by atoms with Crippen molar-refractivity contribution < 1.29 is 14.3 Å². The van der Waals surface area contributed by atoms with Crippen molar-refractivity contribution in [3.8, 4) is 11.5 Å². The molecule has 0 fully saturated rings. The average Bonchev–Trinajstić information content (AvgIpc) is 2.91. The molecule has 7 heteroatoms. The predicted octanol–water partition coefficient (Wildman–Crippen LogP) is 2.75. The zero-order chi connectivity index (χ0) is 19.4. The van der Waals surface area contributed by atoms with Gasteiger partial charge < -0.3 is 14.8 Å². The van der Waals surface area contributed by atoms with Crippen LogP contribution in [0.15, 0.2) is 18.2 Å². The first-order valence-corrected chi connectivity index (χ1v) is 9.38. The third kappa shape index (κ3) is 4.24. The number of anilines is 1. The lowest BCUT2D eigenvalue weighted by Crippen LogP contribution is -2.35. The van der Waals surface area contributed by atoms with Gasteiger partial charge in [0.1, 0.15) is 0 Å². The lowest BCUT2D eigenvalue weighted by Gasteiger charge is -2.26. The Labute approximate surface area is 160 Å². The minimum atomic E-state index is -0.0252. The summed E-state index contributed by atoms with van der Waals surface area (Å²) in [6, 6.07) is 5.87. The summed E-state index contributed by atoms with van der Waals surface area (Å²) >= 11 is 0. The smallest absolute Gasteiger partial charge is 0.238 e. The van der Waals surface area contributed by atoms with Crippen LogP contribution >= 0.6 is 0 Å². The van der Waals surface area contributed by atoms with Crippen molar-refractivity contribution in [2.24, 2.45) is 0 Å². The molecule has 0 unspecified atom stereocenters. The second-order valence-corrected chi connectivity index (χ2v) is 6.77. The number of nitrogens with zero attached hydrogens (tertiary/aromatic N) is 3. The molecule has 3 rings (SSSR count). The molecule has 1 N–H and O–H groups in total. The van der Waals surface area contributed by atoms with Gasteiger partial charge >= 0.3 is 0 Å². The van der Waals surface area contributed by atoms with Crippen molar-refractivity contribution in [1.82, 2.24) is 14.7 Å². The molecule has 1 aliphatic heterocycles. The molecule has 0 spiro atoms. The van der Waals surface area contributed by atoms with E-state index in [1.807, 2.05) is 43.7 Å². The second kappa shape index (κ2) is 8.43. The minimum absolute atomic E-state index is 0.0252. The van der Waals surface area contributed by atoms with Crippen molar-refractivity contribution in [2.75, 3.05) is 32.1 Å². The molecule has 0 saturated carbocycles. The van der Waals surface area contributed by atoms with Crippen molar-refractivity contribution in [2.45, 2.75) is 40.3 Å². The van der Waals surface area contributed by atoms with Gasteiger partial charge in [0, 0.05) is 25.2 Å². The largest absolute Gasteiger partial charge is 0.493 e. The number of carbonyl (C=O) groups is 1. The van der Waals surface area contributed by atoms with Crippen LogP contribution < -0.4 is 14.8 Å². The van der Waals surface area contributed by atoms with Gasteiger partial charge in [0.25, 0.3) is 0 Å². The fourth-order valence-electron chi connectivity index (χ4n) is 3.50. The van der Waals surface area contributed by atoms with Crippen LogP contribution in [0.3, 0.4) is 0 Å². The summed E-state index contributed by atoms with van der Waals surface area (Å²) in [5.74, 6) is 1.49. The highest BCUT2D eigenvalue weighted by atomic mass is 16.5. The number of aryl methyl sites for hydroxylation is 2. The van der Waals surface area contributed by atoms with Gasteiger partial charge in [-0.05, 0) is 33.3 Å². The highest BCUT2D eigenvalue weighted by Crippen LogP contribution is 2.33. The molecule has 0 saturated heterocycles. The number of benzene rings is 1. The van der Waals surface area contributed by atoms with Crippen LogP contribution in [-0.2, 0) is 17.9 Å². The maximum Gasteiger partial charge on any atom is 0.238 e. The molecule has 0 atom stereocenters. The molecule has 2 heterocycles. The summed E-state index contributed by atoms with van der Waals surface area (Å²) in [6.07, 6.45) is 0.858. The van der Waals surface area contributed by atoms with Gasteiger partial charge in [-0.15, -0.1) is 0 Å². The summed E-state index contributed by atoms with van der Waals surface area (Å²) < 4.78 is 13.2. The van der Waals surface area contributed by atoms with E-state index in [0.717, 1.165) is 53.6 Å². The molecule has 1 aromatic heterocycles. The number of fused-ring (bicyclic) bond motifs is 1. The van der Waals surface area contributed by atoms with E-state index in [9.17, 15) is 4.79 Å². The standard InChI is InChI=1S/C20H28N4O3/c1-5-24-15(3)19(14(2)22-24)21-18(25)13-23-10-7-11-27-20-16(12-23)8-6-9-17(20)26-4/h6,8-9H,5,7,10-13H2,1-4H3,(H,21,25). The summed E-state index contributed by atoms with van der Waals surface area (Å²) in [5, 5.41) is 7.51. The number of nitrogens with one attached hydrogen (secondary N) is 1. The fraction of sp³-hybridized carbons (Fsp3) is 0.500. The molecule has 1 amide bonds. The number of amides is 1. The number of para-hydroxylation sites is 1. The van der Waals surface area contributed by atoms with E-state index in [1.54, 1.807) is 7.11 Å². The van der Waals surface area contributed by atoms with E-state index < -0.39 is 0 Å².